The molecule has 0 spiro atoms. The van der Waals surface area contributed by atoms with Crippen molar-refractivity contribution in [1.29, 1.82) is 0 Å². The largest absolute Gasteiger partial charge is 0.345 e. The van der Waals surface area contributed by atoms with Gasteiger partial charge in [0, 0.05) is 25.2 Å². The first-order valence-corrected chi connectivity index (χ1v) is 6.19. The number of amides is 1. The van der Waals surface area contributed by atoms with Crippen LogP contribution >= 0.6 is 11.6 Å². The van der Waals surface area contributed by atoms with Gasteiger partial charge in [-0.05, 0) is 30.7 Å². The van der Waals surface area contributed by atoms with Gasteiger partial charge < -0.3 is 4.90 Å². The molecule has 1 aromatic carbocycles. The molecule has 0 aliphatic carbocycles. The van der Waals surface area contributed by atoms with Gasteiger partial charge in [0.2, 0.25) is 0 Å². The van der Waals surface area contributed by atoms with Crippen LogP contribution in [0.4, 0.5) is 0 Å². The van der Waals surface area contributed by atoms with E-state index in [4.69, 9.17) is 11.6 Å². The summed E-state index contributed by atoms with van der Waals surface area (Å²) in [4.78, 5) is 13.3. The fourth-order valence-corrected chi connectivity index (χ4v) is 1.97. The Morgan fingerprint density at radius 2 is 1.79 bits per heavy atom. The molecule has 0 atom stereocenters. The molecule has 2 rings (SSSR count). The molecule has 0 saturated carbocycles. The van der Waals surface area contributed by atoms with Crippen molar-refractivity contribution < 1.29 is 4.79 Å². The lowest BCUT2D eigenvalue weighted by molar-refractivity contribution is 0.0827. The highest BCUT2D eigenvalue weighted by Gasteiger charge is 2.09. The van der Waals surface area contributed by atoms with E-state index in [0.29, 0.717) is 10.7 Å². The van der Waals surface area contributed by atoms with Crippen LogP contribution in [0.1, 0.15) is 15.9 Å². The number of aryl methyl sites for hydroxylation is 1. The van der Waals surface area contributed by atoms with Gasteiger partial charge in [-0.2, -0.15) is 0 Å². The van der Waals surface area contributed by atoms with E-state index in [-0.39, 0.29) is 5.91 Å². The fraction of sp³-hybridized carbons (Fsp3) is 0.214. The molecule has 0 saturated heterocycles. The molecule has 19 heavy (non-hydrogen) atoms. The highest BCUT2D eigenvalue weighted by molar-refractivity contribution is 6.29. The van der Waals surface area contributed by atoms with Crippen LogP contribution in [0.3, 0.4) is 0 Å². The first-order chi connectivity index (χ1) is 8.99. The van der Waals surface area contributed by atoms with Gasteiger partial charge in [-0.25, -0.2) is 0 Å². The lowest BCUT2D eigenvalue weighted by Crippen LogP contribution is -2.21. The molecule has 0 bridgehead atoms. The van der Waals surface area contributed by atoms with Crippen LogP contribution in [-0.4, -0.2) is 35.1 Å². The SMILES string of the molecule is Cc1cc(Cl)nnc1-c1ccc(C(=O)N(C)C)cc1. The number of carbonyl (C=O) groups is 1. The van der Waals surface area contributed by atoms with Crippen molar-refractivity contribution in [3.8, 4) is 11.3 Å². The van der Waals surface area contributed by atoms with E-state index in [9.17, 15) is 4.79 Å². The quantitative estimate of drug-likeness (QED) is 0.847. The molecule has 1 amide bonds. The van der Waals surface area contributed by atoms with Crippen LogP contribution in [0.5, 0.6) is 0 Å². The van der Waals surface area contributed by atoms with E-state index in [1.54, 1.807) is 37.2 Å². The number of rotatable bonds is 2. The van der Waals surface area contributed by atoms with E-state index in [1.807, 2.05) is 19.1 Å². The summed E-state index contributed by atoms with van der Waals surface area (Å²) in [5.41, 5.74) is 3.28. The third-order valence-electron chi connectivity index (χ3n) is 2.77. The van der Waals surface area contributed by atoms with Crippen LogP contribution < -0.4 is 0 Å². The first-order valence-electron chi connectivity index (χ1n) is 5.81. The van der Waals surface area contributed by atoms with Gasteiger partial charge in [-0.15, -0.1) is 10.2 Å². The molecule has 0 fully saturated rings. The normalized spacial score (nSPS) is 10.3. The zero-order chi connectivity index (χ0) is 14.0. The van der Waals surface area contributed by atoms with Gasteiger partial charge >= 0.3 is 0 Å². The molecule has 0 aliphatic rings. The third kappa shape index (κ3) is 2.90. The Bertz CT molecular complexity index is 609. The number of nitrogens with zero attached hydrogens (tertiary/aromatic N) is 3. The lowest BCUT2D eigenvalue weighted by Gasteiger charge is -2.10. The molecule has 0 unspecified atom stereocenters. The van der Waals surface area contributed by atoms with E-state index < -0.39 is 0 Å². The molecule has 0 radical (unpaired) electrons. The number of aromatic nitrogens is 2. The monoisotopic (exact) mass is 275 g/mol. The van der Waals surface area contributed by atoms with Crippen LogP contribution in [0.2, 0.25) is 5.15 Å². The number of halogens is 1. The molecule has 1 aromatic heterocycles. The molecule has 98 valence electrons. The summed E-state index contributed by atoms with van der Waals surface area (Å²) >= 11 is 5.78. The van der Waals surface area contributed by atoms with Gasteiger partial charge in [-0.1, -0.05) is 23.7 Å². The Balaban J connectivity index is 2.35. The second-order valence-corrected chi connectivity index (χ2v) is 4.86. The Morgan fingerprint density at radius 1 is 1.16 bits per heavy atom. The van der Waals surface area contributed by atoms with Gasteiger partial charge in [0.15, 0.2) is 5.15 Å². The molecule has 0 N–H and O–H groups in total. The van der Waals surface area contributed by atoms with E-state index in [2.05, 4.69) is 10.2 Å². The average molecular weight is 276 g/mol. The second-order valence-electron chi connectivity index (χ2n) is 4.48. The van der Waals surface area contributed by atoms with Crippen LogP contribution in [0.15, 0.2) is 30.3 Å². The standard InChI is InChI=1S/C14H14ClN3O/c1-9-8-12(15)16-17-13(9)10-4-6-11(7-5-10)14(19)18(2)3/h4-8H,1-3H3. The fourth-order valence-electron chi connectivity index (χ4n) is 1.77. The zero-order valence-corrected chi connectivity index (χ0v) is 11.8. The van der Waals surface area contributed by atoms with Crippen molar-refractivity contribution in [3.63, 3.8) is 0 Å². The molecule has 2 aromatic rings. The van der Waals surface area contributed by atoms with E-state index >= 15 is 0 Å². The summed E-state index contributed by atoms with van der Waals surface area (Å²) in [5, 5.41) is 8.30. The van der Waals surface area contributed by atoms with Crippen molar-refractivity contribution in [2.24, 2.45) is 0 Å². The minimum Gasteiger partial charge on any atom is -0.345 e. The number of hydrogen-bond acceptors (Lipinski definition) is 3. The summed E-state index contributed by atoms with van der Waals surface area (Å²) in [6.07, 6.45) is 0. The molecule has 0 aliphatic heterocycles. The van der Waals surface area contributed by atoms with Crippen molar-refractivity contribution in [2.45, 2.75) is 6.92 Å². The first kappa shape index (κ1) is 13.5. The molecule has 1 heterocycles. The smallest absolute Gasteiger partial charge is 0.253 e. The third-order valence-corrected chi connectivity index (χ3v) is 2.95. The van der Waals surface area contributed by atoms with Crippen molar-refractivity contribution in [2.75, 3.05) is 14.1 Å². The van der Waals surface area contributed by atoms with Crippen LogP contribution in [0.25, 0.3) is 11.3 Å². The van der Waals surface area contributed by atoms with Crippen LogP contribution in [-0.2, 0) is 0 Å². The molecular weight excluding hydrogens is 262 g/mol. The van der Waals surface area contributed by atoms with Crippen LogP contribution in [0, 0.1) is 6.92 Å². The predicted molar refractivity (Wildman–Crippen MR) is 75.2 cm³/mol. The highest BCUT2D eigenvalue weighted by Crippen LogP contribution is 2.22. The van der Waals surface area contributed by atoms with Gasteiger partial charge in [0.25, 0.3) is 5.91 Å². The van der Waals surface area contributed by atoms with Gasteiger partial charge in [-0.3, -0.25) is 4.79 Å². The lowest BCUT2D eigenvalue weighted by atomic mass is 10.1. The zero-order valence-electron chi connectivity index (χ0n) is 11.0. The summed E-state index contributed by atoms with van der Waals surface area (Å²) in [6.45, 7) is 1.93. The van der Waals surface area contributed by atoms with Crippen molar-refractivity contribution >= 4 is 17.5 Å². The van der Waals surface area contributed by atoms with Gasteiger partial charge in [0.1, 0.15) is 0 Å². The molecular formula is C14H14ClN3O. The summed E-state index contributed by atoms with van der Waals surface area (Å²) in [6, 6.07) is 9.06. The Kier molecular flexibility index (Phi) is 3.81. The van der Waals surface area contributed by atoms with Crippen molar-refractivity contribution in [1.82, 2.24) is 15.1 Å². The highest BCUT2D eigenvalue weighted by atomic mass is 35.5. The second kappa shape index (κ2) is 5.36. The maximum Gasteiger partial charge on any atom is 0.253 e. The average Bonchev–Trinajstić information content (AvgIpc) is 2.38. The minimum atomic E-state index is -0.0227. The van der Waals surface area contributed by atoms with Crippen molar-refractivity contribution in [3.05, 3.63) is 46.6 Å². The number of benzene rings is 1. The summed E-state index contributed by atoms with van der Waals surface area (Å²) in [7, 11) is 3.45. The maximum atomic E-state index is 11.8. The topological polar surface area (TPSA) is 46.1 Å². The van der Waals surface area contributed by atoms with E-state index in [1.165, 1.54) is 0 Å². The van der Waals surface area contributed by atoms with Gasteiger partial charge in [0.05, 0.1) is 5.69 Å². The van der Waals surface area contributed by atoms with E-state index in [0.717, 1.165) is 16.8 Å². The number of carbonyl (C=O) groups excluding carboxylic acids is 1. The number of hydrogen-bond donors (Lipinski definition) is 0. The summed E-state index contributed by atoms with van der Waals surface area (Å²) < 4.78 is 0. The Morgan fingerprint density at radius 3 is 2.32 bits per heavy atom. The molecule has 5 heteroatoms. The predicted octanol–water partition coefficient (Wildman–Crippen LogP) is 2.81. The minimum absolute atomic E-state index is 0.0227. The Hall–Kier alpha value is -1.94. The molecule has 4 nitrogen and oxygen atoms in total. The Labute approximate surface area is 117 Å². The summed E-state index contributed by atoms with van der Waals surface area (Å²) in [5.74, 6) is -0.0227. The maximum absolute atomic E-state index is 11.8.